The number of hydrogen-bond donors (Lipinski definition) is 1. The average Bonchev–Trinajstić information content (AvgIpc) is 2.25. The third kappa shape index (κ3) is 2.70. The van der Waals surface area contributed by atoms with Gasteiger partial charge in [-0.2, -0.15) is 0 Å². The van der Waals surface area contributed by atoms with E-state index in [9.17, 15) is 0 Å². The van der Waals surface area contributed by atoms with Crippen molar-refractivity contribution >= 4 is 5.69 Å². The Kier molecular flexibility index (Phi) is 3.23. The molecule has 0 saturated carbocycles. The maximum atomic E-state index is 5.95. The van der Waals surface area contributed by atoms with Crippen LogP contribution in [0.1, 0.15) is 11.1 Å². The van der Waals surface area contributed by atoms with Crippen LogP contribution in [0.5, 0.6) is 0 Å². The monoisotopic (exact) mass is 206 g/mol. The molecule has 0 aromatic heterocycles. The lowest BCUT2D eigenvalue weighted by Gasteiger charge is -2.27. The predicted molar refractivity (Wildman–Crippen MR) is 61.7 cm³/mol. The van der Waals surface area contributed by atoms with E-state index in [-0.39, 0.29) is 0 Å². The molecular weight excluding hydrogens is 188 g/mol. The summed E-state index contributed by atoms with van der Waals surface area (Å²) >= 11 is 0. The lowest BCUT2D eigenvalue weighted by Crippen LogP contribution is -2.35. The first-order chi connectivity index (χ1) is 7.25. The van der Waals surface area contributed by atoms with E-state index in [1.807, 2.05) is 6.07 Å². The van der Waals surface area contributed by atoms with Crippen LogP contribution in [0, 0.1) is 6.92 Å². The molecule has 2 N–H and O–H groups in total. The molecule has 0 bridgehead atoms. The van der Waals surface area contributed by atoms with E-state index in [4.69, 9.17) is 10.5 Å². The second-order valence-electron chi connectivity index (χ2n) is 4.09. The Hall–Kier alpha value is -1.06. The lowest BCUT2D eigenvalue weighted by molar-refractivity contribution is 0.0343. The molecule has 0 atom stereocenters. The zero-order valence-corrected chi connectivity index (χ0v) is 9.20. The first kappa shape index (κ1) is 10.5. The van der Waals surface area contributed by atoms with Crippen molar-refractivity contribution in [2.45, 2.75) is 13.5 Å². The minimum atomic E-state index is 0.839. The maximum absolute atomic E-state index is 5.95. The fourth-order valence-corrected chi connectivity index (χ4v) is 1.87. The number of nitrogen functional groups attached to an aromatic ring is 1. The summed E-state index contributed by atoms with van der Waals surface area (Å²) < 4.78 is 5.32. The van der Waals surface area contributed by atoms with Crippen molar-refractivity contribution in [3.05, 3.63) is 29.3 Å². The molecule has 1 fully saturated rings. The molecule has 0 radical (unpaired) electrons. The van der Waals surface area contributed by atoms with Crippen LogP contribution in [0.4, 0.5) is 5.69 Å². The van der Waals surface area contributed by atoms with Crippen molar-refractivity contribution in [1.82, 2.24) is 4.90 Å². The van der Waals surface area contributed by atoms with Crippen LogP contribution in [-0.2, 0) is 11.3 Å². The van der Waals surface area contributed by atoms with E-state index in [0.29, 0.717) is 0 Å². The minimum absolute atomic E-state index is 0.839. The number of ether oxygens (including phenoxy) is 1. The second kappa shape index (κ2) is 4.64. The molecule has 1 aliphatic rings. The Morgan fingerprint density at radius 3 is 2.80 bits per heavy atom. The summed E-state index contributed by atoms with van der Waals surface area (Å²) in [6.45, 7) is 6.73. The molecule has 1 saturated heterocycles. The highest BCUT2D eigenvalue weighted by Crippen LogP contribution is 2.16. The first-order valence-corrected chi connectivity index (χ1v) is 5.41. The molecule has 3 nitrogen and oxygen atoms in total. The Bertz CT molecular complexity index is 332. The lowest BCUT2D eigenvalue weighted by atomic mass is 10.1. The molecule has 82 valence electrons. The Labute approximate surface area is 90.8 Å². The summed E-state index contributed by atoms with van der Waals surface area (Å²) in [6.07, 6.45) is 0. The number of anilines is 1. The maximum Gasteiger partial charge on any atom is 0.0594 e. The number of hydrogen-bond acceptors (Lipinski definition) is 3. The zero-order valence-electron chi connectivity index (χ0n) is 9.20. The number of rotatable bonds is 2. The molecule has 1 aromatic rings. The third-order valence-corrected chi connectivity index (χ3v) is 2.80. The highest BCUT2D eigenvalue weighted by atomic mass is 16.5. The summed E-state index contributed by atoms with van der Waals surface area (Å²) in [5, 5.41) is 0. The van der Waals surface area contributed by atoms with E-state index >= 15 is 0 Å². The molecule has 15 heavy (non-hydrogen) atoms. The molecule has 0 aliphatic carbocycles. The minimum Gasteiger partial charge on any atom is -0.398 e. The van der Waals surface area contributed by atoms with Crippen LogP contribution in [-0.4, -0.2) is 31.2 Å². The van der Waals surface area contributed by atoms with Gasteiger partial charge in [0.25, 0.3) is 0 Å². The van der Waals surface area contributed by atoms with Gasteiger partial charge in [-0.15, -0.1) is 0 Å². The van der Waals surface area contributed by atoms with Gasteiger partial charge in [0.1, 0.15) is 0 Å². The first-order valence-electron chi connectivity index (χ1n) is 5.41. The highest BCUT2D eigenvalue weighted by Gasteiger charge is 2.11. The van der Waals surface area contributed by atoms with Crippen molar-refractivity contribution in [1.29, 1.82) is 0 Å². The number of morpholine rings is 1. The van der Waals surface area contributed by atoms with Crippen LogP contribution >= 0.6 is 0 Å². The molecular formula is C12H18N2O. The Balaban J connectivity index is 2.05. The molecule has 1 aromatic carbocycles. The van der Waals surface area contributed by atoms with Crippen molar-refractivity contribution in [3.8, 4) is 0 Å². The predicted octanol–water partition coefficient (Wildman–Crippen LogP) is 1.41. The average molecular weight is 206 g/mol. The number of nitrogens with two attached hydrogens (primary N) is 1. The van der Waals surface area contributed by atoms with Gasteiger partial charge in [-0.1, -0.05) is 17.7 Å². The van der Waals surface area contributed by atoms with E-state index < -0.39 is 0 Å². The number of benzene rings is 1. The quantitative estimate of drug-likeness (QED) is 0.744. The van der Waals surface area contributed by atoms with Gasteiger partial charge in [0.05, 0.1) is 13.2 Å². The van der Waals surface area contributed by atoms with E-state index in [0.717, 1.165) is 38.5 Å². The molecule has 3 heteroatoms. The normalized spacial score (nSPS) is 17.9. The Morgan fingerprint density at radius 2 is 2.07 bits per heavy atom. The molecule has 0 amide bonds. The van der Waals surface area contributed by atoms with E-state index in [2.05, 4.69) is 24.0 Å². The number of nitrogens with zero attached hydrogens (tertiary/aromatic N) is 1. The van der Waals surface area contributed by atoms with Gasteiger partial charge in [0.2, 0.25) is 0 Å². The van der Waals surface area contributed by atoms with E-state index in [1.165, 1.54) is 11.1 Å². The van der Waals surface area contributed by atoms with E-state index in [1.54, 1.807) is 0 Å². The largest absolute Gasteiger partial charge is 0.398 e. The zero-order chi connectivity index (χ0) is 10.7. The molecule has 1 heterocycles. The number of aryl methyl sites for hydroxylation is 1. The van der Waals surface area contributed by atoms with Gasteiger partial charge in [0.15, 0.2) is 0 Å². The standard InChI is InChI=1S/C12H18N2O/c1-10-2-3-12(13)11(8-10)9-14-4-6-15-7-5-14/h2-3,8H,4-7,9,13H2,1H3. The van der Waals surface area contributed by atoms with Crippen molar-refractivity contribution in [2.24, 2.45) is 0 Å². The smallest absolute Gasteiger partial charge is 0.0594 e. The fourth-order valence-electron chi connectivity index (χ4n) is 1.87. The summed E-state index contributed by atoms with van der Waals surface area (Å²) in [7, 11) is 0. The van der Waals surface area contributed by atoms with Crippen LogP contribution in [0.25, 0.3) is 0 Å². The van der Waals surface area contributed by atoms with Gasteiger partial charge in [-0.3, -0.25) is 4.90 Å². The van der Waals surface area contributed by atoms with Crippen LogP contribution < -0.4 is 5.73 Å². The van der Waals surface area contributed by atoms with Gasteiger partial charge in [-0.05, 0) is 18.6 Å². The third-order valence-electron chi connectivity index (χ3n) is 2.80. The van der Waals surface area contributed by atoms with Gasteiger partial charge >= 0.3 is 0 Å². The fraction of sp³-hybridized carbons (Fsp3) is 0.500. The van der Waals surface area contributed by atoms with Crippen molar-refractivity contribution in [3.63, 3.8) is 0 Å². The molecule has 0 spiro atoms. The molecule has 0 unspecified atom stereocenters. The van der Waals surface area contributed by atoms with Crippen LogP contribution in [0.3, 0.4) is 0 Å². The molecule has 2 rings (SSSR count). The topological polar surface area (TPSA) is 38.5 Å². The summed E-state index contributed by atoms with van der Waals surface area (Å²) in [6, 6.07) is 6.22. The summed E-state index contributed by atoms with van der Waals surface area (Å²) in [5.74, 6) is 0. The van der Waals surface area contributed by atoms with Gasteiger partial charge in [0, 0.05) is 25.3 Å². The van der Waals surface area contributed by atoms with Gasteiger partial charge in [-0.25, -0.2) is 0 Å². The summed E-state index contributed by atoms with van der Waals surface area (Å²) in [4.78, 5) is 2.38. The van der Waals surface area contributed by atoms with Crippen LogP contribution in [0.15, 0.2) is 18.2 Å². The summed E-state index contributed by atoms with van der Waals surface area (Å²) in [5.41, 5.74) is 9.35. The van der Waals surface area contributed by atoms with Crippen molar-refractivity contribution < 1.29 is 4.74 Å². The molecule has 1 aliphatic heterocycles. The highest BCUT2D eigenvalue weighted by molar-refractivity contribution is 5.48. The van der Waals surface area contributed by atoms with Crippen LogP contribution in [0.2, 0.25) is 0 Å². The SMILES string of the molecule is Cc1ccc(N)c(CN2CCOCC2)c1. The second-order valence-corrected chi connectivity index (χ2v) is 4.09. The van der Waals surface area contributed by atoms with Crippen molar-refractivity contribution in [2.75, 3.05) is 32.0 Å². The van der Waals surface area contributed by atoms with Gasteiger partial charge < -0.3 is 10.5 Å². The Morgan fingerprint density at radius 1 is 1.33 bits per heavy atom.